The summed E-state index contributed by atoms with van der Waals surface area (Å²) in [5, 5.41) is 8.81. The van der Waals surface area contributed by atoms with E-state index in [1.165, 1.54) is 12.1 Å². The molecule has 0 radical (unpaired) electrons. The van der Waals surface area contributed by atoms with Crippen molar-refractivity contribution in [3.63, 3.8) is 0 Å². The smallest absolute Gasteiger partial charge is 0.266 e. The molecule has 0 spiro atoms. The summed E-state index contributed by atoms with van der Waals surface area (Å²) in [6.07, 6.45) is 0. The third kappa shape index (κ3) is 2.54. The van der Waals surface area contributed by atoms with Gasteiger partial charge in [-0.2, -0.15) is 0 Å². The Morgan fingerprint density at radius 2 is 1.81 bits per heavy atom. The first-order valence-electron chi connectivity index (χ1n) is 4.09. The van der Waals surface area contributed by atoms with E-state index in [1.807, 2.05) is 4.72 Å². The zero-order chi connectivity index (χ0) is 12.3. The molecule has 1 aliphatic rings. The highest BCUT2D eigenvalue weighted by molar-refractivity contribution is 7.90. The summed E-state index contributed by atoms with van der Waals surface area (Å²) in [5.74, 6) is -0.550. The number of rotatable bonds is 0. The SMILES string of the molecule is C[N+](=O)[O-].O=C1NS(=O)(=O)c2ccccc21. The predicted octanol–water partition coefficient (Wildman–Crippen LogP) is 0.0116. The van der Waals surface area contributed by atoms with Gasteiger partial charge in [0.05, 0.1) is 5.56 Å². The van der Waals surface area contributed by atoms with E-state index in [2.05, 4.69) is 0 Å². The lowest BCUT2D eigenvalue weighted by Gasteiger charge is -1.91. The van der Waals surface area contributed by atoms with Gasteiger partial charge in [-0.15, -0.1) is 0 Å². The fourth-order valence-corrected chi connectivity index (χ4v) is 2.29. The molecule has 0 unspecified atom stereocenters. The maximum Gasteiger partial charge on any atom is 0.266 e. The van der Waals surface area contributed by atoms with Gasteiger partial charge in [-0.05, 0) is 12.1 Å². The van der Waals surface area contributed by atoms with Crippen molar-refractivity contribution in [3.8, 4) is 0 Å². The fourth-order valence-electron chi connectivity index (χ4n) is 1.12. The first-order chi connectivity index (χ1) is 7.34. The van der Waals surface area contributed by atoms with Crippen LogP contribution in [0.4, 0.5) is 0 Å². The quantitative estimate of drug-likeness (QED) is 0.511. The zero-order valence-electron chi connectivity index (χ0n) is 8.21. The van der Waals surface area contributed by atoms with Crippen LogP contribution in [0.15, 0.2) is 29.2 Å². The molecule has 0 fully saturated rings. The van der Waals surface area contributed by atoms with E-state index in [1.54, 1.807) is 12.1 Å². The minimum atomic E-state index is -3.55. The van der Waals surface area contributed by atoms with Crippen molar-refractivity contribution in [2.75, 3.05) is 7.05 Å². The lowest BCUT2D eigenvalue weighted by molar-refractivity contribution is -0.445. The Bertz CT molecular complexity index is 533. The van der Waals surface area contributed by atoms with Crippen LogP contribution in [0.2, 0.25) is 0 Å². The minimum Gasteiger partial charge on any atom is -0.268 e. The number of benzene rings is 1. The van der Waals surface area contributed by atoms with Crippen LogP contribution in [0, 0.1) is 10.1 Å². The molecular formula is C8H8N2O5S. The maximum absolute atomic E-state index is 11.1. The van der Waals surface area contributed by atoms with Crippen molar-refractivity contribution in [2.24, 2.45) is 0 Å². The number of amides is 1. The summed E-state index contributed by atoms with van der Waals surface area (Å²) in [7, 11) is -2.67. The number of hydrogen-bond acceptors (Lipinski definition) is 5. The number of nitrogens with zero attached hydrogens (tertiary/aromatic N) is 1. The van der Waals surface area contributed by atoms with E-state index in [0.29, 0.717) is 0 Å². The number of hydrogen-bond donors (Lipinski definition) is 1. The summed E-state index contributed by atoms with van der Waals surface area (Å²) >= 11 is 0. The van der Waals surface area contributed by atoms with Gasteiger partial charge in [0.15, 0.2) is 7.05 Å². The molecule has 1 N–H and O–H groups in total. The average Bonchev–Trinajstić information content (AvgIpc) is 2.38. The number of sulfonamides is 1. The molecule has 8 heteroatoms. The minimum absolute atomic E-state index is 0.0648. The molecule has 16 heavy (non-hydrogen) atoms. The third-order valence-corrected chi connectivity index (χ3v) is 3.04. The van der Waals surface area contributed by atoms with E-state index in [4.69, 9.17) is 10.1 Å². The summed E-state index contributed by atoms with van der Waals surface area (Å²) in [5.41, 5.74) is 0.220. The summed E-state index contributed by atoms with van der Waals surface area (Å²) in [6, 6.07) is 6.09. The second-order valence-corrected chi connectivity index (χ2v) is 4.52. The molecule has 86 valence electrons. The van der Waals surface area contributed by atoms with Crippen molar-refractivity contribution in [3.05, 3.63) is 39.9 Å². The normalized spacial score (nSPS) is 15.4. The van der Waals surface area contributed by atoms with Gasteiger partial charge in [-0.25, -0.2) is 13.1 Å². The number of fused-ring (bicyclic) bond motifs is 1. The molecular weight excluding hydrogens is 236 g/mol. The highest BCUT2D eigenvalue weighted by Crippen LogP contribution is 2.20. The molecule has 7 nitrogen and oxygen atoms in total. The van der Waals surface area contributed by atoms with Crippen LogP contribution in [-0.2, 0) is 10.0 Å². The van der Waals surface area contributed by atoms with Crippen molar-refractivity contribution in [2.45, 2.75) is 4.90 Å². The van der Waals surface area contributed by atoms with E-state index in [9.17, 15) is 13.2 Å². The monoisotopic (exact) mass is 244 g/mol. The van der Waals surface area contributed by atoms with Gasteiger partial charge in [0.2, 0.25) is 0 Å². The Hall–Kier alpha value is -1.96. The first kappa shape index (κ1) is 12.1. The molecule has 2 rings (SSSR count). The number of nitrogens with one attached hydrogen (secondary N) is 1. The molecule has 1 heterocycles. The second-order valence-electron chi connectivity index (χ2n) is 2.87. The third-order valence-electron chi connectivity index (χ3n) is 1.65. The standard InChI is InChI=1S/C7H5NO3S.CH3NO2/c9-7-5-3-1-2-4-6(5)12(10,11)8-7;1-2(3)4/h1-4H,(H,8,9);1H3. The Kier molecular flexibility index (Phi) is 3.23. The number of carbonyl (C=O) groups excluding carboxylic acids is 1. The average molecular weight is 244 g/mol. The molecule has 1 amide bonds. The molecule has 1 aliphatic heterocycles. The Labute approximate surface area is 91.3 Å². The highest BCUT2D eigenvalue weighted by atomic mass is 32.2. The Morgan fingerprint density at radius 3 is 2.31 bits per heavy atom. The maximum atomic E-state index is 11.1. The lowest BCUT2D eigenvalue weighted by Crippen LogP contribution is -2.20. The Balaban J connectivity index is 0.000000280. The molecule has 1 aromatic carbocycles. The van der Waals surface area contributed by atoms with Gasteiger partial charge in [0.25, 0.3) is 15.9 Å². The number of carbonyl (C=O) groups is 1. The van der Waals surface area contributed by atoms with Gasteiger partial charge in [0, 0.05) is 4.92 Å². The highest BCUT2D eigenvalue weighted by Gasteiger charge is 2.31. The topological polar surface area (TPSA) is 106 Å². The second kappa shape index (κ2) is 4.27. The van der Waals surface area contributed by atoms with E-state index in [0.717, 1.165) is 7.05 Å². The van der Waals surface area contributed by atoms with E-state index >= 15 is 0 Å². The van der Waals surface area contributed by atoms with Crippen LogP contribution in [0.25, 0.3) is 0 Å². The van der Waals surface area contributed by atoms with Crippen LogP contribution in [0.1, 0.15) is 10.4 Å². The van der Waals surface area contributed by atoms with Crippen LogP contribution in [0.3, 0.4) is 0 Å². The molecule has 0 saturated carbocycles. The lowest BCUT2D eigenvalue weighted by atomic mass is 10.2. The van der Waals surface area contributed by atoms with Gasteiger partial charge in [0.1, 0.15) is 4.90 Å². The summed E-state index contributed by atoms with van der Waals surface area (Å²) in [4.78, 5) is 19.4. The molecule has 0 aliphatic carbocycles. The van der Waals surface area contributed by atoms with Crippen molar-refractivity contribution < 1.29 is 18.1 Å². The largest absolute Gasteiger partial charge is 0.268 e. The van der Waals surface area contributed by atoms with Crippen molar-refractivity contribution in [1.82, 2.24) is 4.72 Å². The predicted molar refractivity (Wildman–Crippen MR) is 54.0 cm³/mol. The van der Waals surface area contributed by atoms with Gasteiger partial charge in [-0.1, -0.05) is 12.1 Å². The Morgan fingerprint density at radius 1 is 1.31 bits per heavy atom. The van der Waals surface area contributed by atoms with Crippen molar-refractivity contribution in [1.29, 1.82) is 0 Å². The van der Waals surface area contributed by atoms with Crippen molar-refractivity contribution >= 4 is 15.9 Å². The number of nitro groups is 1. The molecule has 0 aromatic heterocycles. The van der Waals surface area contributed by atoms with E-state index in [-0.39, 0.29) is 10.5 Å². The molecule has 1 aromatic rings. The van der Waals surface area contributed by atoms with Crippen LogP contribution in [-0.4, -0.2) is 26.3 Å². The summed E-state index contributed by atoms with van der Waals surface area (Å²) < 4.78 is 24.2. The van der Waals surface area contributed by atoms with Crippen LogP contribution < -0.4 is 4.72 Å². The fraction of sp³-hybridized carbons (Fsp3) is 0.125. The zero-order valence-corrected chi connectivity index (χ0v) is 9.02. The molecule has 0 saturated heterocycles. The van der Waals surface area contributed by atoms with Gasteiger partial charge >= 0.3 is 0 Å². The molecule has 0 bridgehead atoms. The van der Waals surface area contributed by atoms with Gasteiger partial charge in [-0.3, -0.25) is 14.9 Å². The van der Waals surface area contributed by atoms with Crippen LogP contribution >= 0.6 is 0 Å². The molecule has 0 atom stereocenters. The first-order valence-corrected chi connectivity index (χ1v) is 5.57. The van der Waals surface area contributed by atoms with Gasteiger partial charge < -0.3 is 0 Å². The van der Waals surface area contributed by atoms with E-state index < -0.39 is 20.9 Å². The summed E-state index contributed by atoms with van der Waals surface area (Å²) in [6.45, 7) is 0. The van der Waals surface area contributed by atoms with Crippen LogP contribution in [0.5, 0.6) is 0 Å².